The number of likely N-dealkylation sites (tertiary alicyclic amines) is 1. The summed E-state index contributed by atoms with van der Waals surface area (Å²) in [5, 5.41) is 0. The average Bonchev–Trinajstić information content (AvgIpc) is 2.74. The molecule has 5 heteroatoms. The van der Waals surface area contributed by atoms with E-state index in [0.29, 0.717) is 13.0 Å². The van der Waals surface area contributed by atoms with Gasteiger partial charge >= 0.3 is 6.09 Å². The van der Waals surface area contributed by atoms with Crippen molar-refractivity contribution in [1.82, 2.24) is 4.90 Å². The molecule has 0 bridgehead atoms. The predicted molar refractivity (Wildman–Crippen MR) is 75.4 cm³/mol. The fraction of sp³-hybridized carbons (Fsp3) is 0.800. The second-order valence-electron chi connectivity index (χ2n) is 6.60. The van der Waals surface area contributed by atoms with E-state index in [4.69, 9.17) is 4.74 Å². The Hall–Kier alpha value is -1.39. The third-order valence-corrected chi connectivity index (χ3v) is 3.24. The maximum absolute atomic E-state index is 12.2. The molecule has 1 atom stereocenters. The SMILES string of the molecule is CC(C)C(=O)CC(=O)C1CCCN1C(=O)OC(C)(C)C. The lowest BCUT2D eigenvalue weighted by Gasteiger charge is -2.28. The zero-order valence-electron chi connectivity index (χ0n) is 13.1. The van der Waals surface area contributed by atoms with Crippen LogP contribution in [0, 0.1) is 5.92 Å². The van der Waals surface area contributed by atoms with Gasteiger partial charge in [0, 0.05) is 12.5 Å². The summed E-state index contributed by atoms with van der Waals surface area (Å²) in [5.41, 5.74) is -0.582. The molecule has 0 saturated carbocycles. The lowest BCUT2D eigenvalue weighted by atomic mass is 9.99. The van der Waals surface area contributed by atoms with E-state index in [-0.39, 0.29) is 23.9 Å². The summed E-state index contributed by atoms with van der Waals surface area (Å²) in [4.78, 5) is 37.4. The highest BCUT2D eigenvalue weighted by molar-refractivity contribution is 6.03. The van der Waals surface area contributed by atoms with Gasteiger partial charge in [-0.25, -0.2) is 4.79 Å². The van der Waals surface area contributed by atoms with Gasteiger partial charge in [-0.2, -0.15) is 0 Å². The van der Waals surface area contributed by atoms with Gasteiger partial charge in [0.2, 0.25) is 0 Å². The van der Waals surface area contributed by atoms with Crippen LogP contribution in [-0.2, 0) is 14.3 Å². The third kappa shape index (κ3) is 4.62. The molecule has 0 aromatic carbocycles. The van der Waals surface area contributed by atoms with Crippen molar-refractivity contribution < 1.29 is 19.1 Å². The Bertz CT molecular complexity index is 395. The Morgan fingerprint density at radius 2 is 1.85 bits per heavy atom. The lowest BCUT2D eigenvalue weighted by molar-refractivity contribution is -0.131. The van der Waals surface area contributed by atoms with Crippen molar-refractivity contribution in [3.63, 3.8) is 0 Å². The number of carbonyl (C=O) groups is 3. The molecule has 1 fully saturated rings. The van der Waals surface area contributed by atoms with Gasteiger partial charge in [-0.05, 0) is 33.6 Å². The van der Waals surface area contributed by atoms with Crippen LogP contribution in [0.25, 0.3) is 0 Å². The van der Waals surface area contributed by atoms with Crippen LogP contribution >= 0.6 is 0 Å². The average molecular weight is 283 g/mol. The summed E-state index contributed by atoms with van der Waals surface area (Å²) in [6.07, 6.45) is 0.821. The first-order valence-corrected chi connectivity index (χ1v) is 7.17. The van der Waals surface area contributed by atoms with Crippen molar-refractivity contribution in [2.45, 2.75) is 65.5 Å². The molecule has 0 radical (unpaired) electrons. The van der Waals surface area contributed by atoms with Crippen LogP contribution in [0.2, 0.25) is 0 Å². The van der Waals surface area contributed by atoms with E-state index in [1.165, 1.54) is 4.90 Å². The van der Waals surface area contributed by atoms with Crippen LogP contribution in [0.3, 0.4) is 0 Å². The number of Topliss-reactive ketones (excluding diaryl/α,β-unsaturated/α-hetero) is 2. The normalized spacial score (nSPS) is 19.3. The summed E-state index contributed by atoms with van der Waals surface area (Å²) in [6.45, 7) is 9.44. The highest BCUT2D eigenvalue weighted by Gasteiger charge is 2.36. The van der Waals surface area contributed by atoms with Crippen LogP contribution in [0.5, 0.6) is 0 Å². The van der Waals surface area contributed by atoms with Gasteiger partial charge in [-0.15, -0.1) is 0 Å². The minimum atomic E-state index is -0.582. The van der Waals surface area contributed by atoms with Gasteiger partial charge in [0.05, 0.1) is 12.5 Å². The summed E-state index contributed by atoms with van der Waals surface area (Å²) in [7, 11) is 0. The minimum Gasteiger partial charge on any atom is -0.444 e. The standard InChI is InChI=1S/C15H25NO4/c1-10(2)12(17)9-13(18)11-7-6-8-16(11)14(19)20-15(3,4)5/h10-11H,6-9H2,1-5H3. The van der Waals surface area contributed by atoms with E-state index in [1.807, 2.05) is 0 Å². The molecule has 1 rings (SSSR count). The summed E-state index contributed by atoms with van der Waals surface area (Å²) < 4.78 is 5.30. The first kappa shape index (κ1) is 16.7. The molecular weight excluding hydrogens is 258 g/mol. The molecule has 0 aromatic heterocycles. The Balaban J connectivity index is 2.67. The molecule has 1 aliphatic heterocycles. The van der Waals surface area contributed by atoms with Crippen molar-refractivity contribution in [2.24, 2.45) is 5.92 Å². The topological polar surface area (TPSA) is 63.7 Å². The molecule has 1 amide bonds. The van der Waals surface area contributed by atoms with Crippen molar-refractivity contribution in [3.05, 3.63) is 0 Å². The van der Waals surface area contributed by atoms with Gasteiger partial charge in [-0.1, -0.05) is 13.8 Å². The van der Waals surface area contributed by atoms with Gasteiger partial charge in [0.15, 0.2) is 5.78 Å². The number of nitrogens with zero attached hydrogens (tertiary/aromatic N) is 1. The molecule has 1 unspecified atom stereocenters. The minimum absolute atomic E-state index is 0.0777. The van der Waals surface area contributed by atoms with E-state index in [1.54, 1.807) is 34.6 Å². The van der Waals surface area contributed by atoms with Crippen molar-refractivity contribution in [2.75, 3.05) is 6.54 Å². The molecule has 1 saturated heterocycles. The van der Waals surface area contributed by atoms with Crippen molar-refractivity contribution >= 4 is 17.7 Å². The van der Waals surface area contributed by atoms with Gasteiger partial charge in [0.1, 0.15) is 11.4 Å². The first-order chi connectivity index (χ1) is 9.11. The molecule has 114 valence electrons. The predicted octanol–water partition coefficient (Wildman–Crippen LogP) is 2.57. The van der Waals surface area contributed by atoms with Gasteiger partial charge in [0.25, 0.3) is 0 Å². The van der Waals surface area contributed by atoms with Crippen LogP contribution in [0.1, 0.15) is 53.9 Å². The Labute approximate surface area is 120 Å². The number of hydrogen-bond acceptors (Lipinski definition) is 4. The Morgan fingerprint density at radius 3 is 2.35 bits per heavy atom. The number of rotatable bonds is 4. The molecular formula is C15H25NO4. The van der Waals surface area contributed by atoms with Crippen LogP contribution < -0.4 is 0 Å². The van der Waals surface area contributed by atoms with E-state index in [0.717, 1.165) is 6.42 Å². The third-order valence-electron chi connectivity index (χ3n) is 3.24. The van der Waals surface area contributed by atoms with E-state index in [2.05, 4.69) is 0 Å². The van der Waals surface area contributed by atoms with Crippen molar-refractivity contribution in [3.8, 4) is 0 Å². The quantitative estimate of drug-likeness (QED) is 0.744. The summed E-state index contributed by atoms with van der Waals surface area (Å²) >= 11 is 0. The maximum atomic E-state index is 12.2. The van der Waals surface area contributed by atoms with Crippen LogP contribution in [0.4, 0.5) is 4.79 Å². The summed E-state index contributed by atoms with van der Waals surface area (Å²) in [6, 6.07) is -0.507. The second kappa shape index (κ2) is 6.37. The van der Waals surface area contributed by atoms with E-state index in [9.17, 15) is 14.4 Å². The molecule has 0 N–H and O–H groups in total. The maximum Gasteiger partial charge on any atom is 0.410 e. The monoisotopic (exact) mass is 283 g/mol. The first-order valence-electron chi connectivity index (χ1n) is 7.17. The molecule has 0 aromatic rings. The molecule has 5 nitrogen and oxygen atoms in total. The van der Waals surface area contributed by atoms with E-state index < -0.39 is 17.7 Å². The van der Waals surface area contributed by atoms with Crippen LogP contribution in [0.15, 0.2) is 0 Å². The number of hydrogen-bond donors (Lipinski definition) is 0. The van der Waals surface area contributed by atoms with Gasteiger partial charge < -0.3 is 4.74 Å². The zero-order valence-corrected chi connectivity index (χ0v) is 13.1. The molecule has 0 aliphatic carbocycles. The fourth-order valence-electron chi connectivity index (χ4n) is 2.13. The fourth-order valence-corrected chi connectivity index (χ4v) is 2.13. The number of carbonyl (C=O) groups excluding carboxylic acids is 3. The Kier molecular flexibility index (Phi) is 5.31. The summed E-state index contributed by atoms with van der Waals surface area (Å²) in [5.74, 6) is -0.409. The second-order valence-corrected chi connectivity index (χ2v) is 6.60. The highest BCUT2D eigenvalue weighted by atomic mass is 16.6. The zero-order chi connectivity index (χ0) is 15.5. The number of ketones is 2. The van der Waals surface area contributed by atoms with Crippen molar-refractivity contribution in [1.29, 1.82) is 0 Å². The molecule has 20 heavy (non-hydrogen) atoms. The highest BCUT2D eigenvalue weighted by Crippen LogP contribution is 2.22. The molecule has 0 spiro atoms. The molecule has 1 aliphatic rings. The van der Waals surface area contributed by atoms with Crippen LogP contribution in [-0.4, -0.2) is 40.7 Å². The number of ether oxygens (including phenoxy) is 1. The largest absolute Gasteiger partial charge is 0.444 e. The smallest absolute Gasteiger partial charge is 0.410 e. The van der Waals surface area contributed by atoms with Gasteiger partial charge in [-0.3, -0.25) is 14.5 Å². The lowest BCUT2D eigenvalue weighted by Crippen LogP contribution is -2.44. The van der Waals surface area contributed by atoms with E-state index >= 15 is 0 Å². The molecule has 1 heterocycles. The number of amides is 1. The Morgan fingerprint density at radius 1 is 1.25 bits per heavy atom.